The maximum Gasteiger partial charge on any atom is 0.162 e. The minimum Gasteiger partial charge on any atom is -0.493 e. The highest BCUT2D eigenvalue weighted by molar-refractivity contribution is 5.23. The molecule has 16 heavy (non-hydrogen) atoms. The molecule has 1 aromatic rings. The lowest BCUT2D eigenvalue weighted by Crippen LogP contribution is -2.24. The summed E-state index contributed by atoms with van der Waals surface area (Å²) in [5.74, 6) is -1.37. The van der Waals surface area contributed by atoms with Gasteiger partial charge in [-0.15, -0.1) is 0 Å². The van der Waals surface area contributed by atoms with Crippen LogP contribution in [-0.4, -0.2) is 19.2 Å². The Morgan fingerprint density at radius 2 is 2.00 bits per heavy atom. The zero-order valence-electron chi connectivity index (χ0n) is 9.59. The summed E-state index contributed by atoms with van der Waals surface area (Å²) in [6.45, 7) is 5.47. The van der Waals surface area contributed by atoms with E-state index < -0.39 is 11.6 Å². The van der Waals surface area contributed by atoms with Crippen LogP contribution in [0.2, 0.25) is 0 Å². The van der Waals surface area contributed by atoms with Crippen molar-refractivity contribution in [2.24, 2.45) is 0 Å². The summed E-state index contributed by atoms with van der Waals surface area (Å²) in [5, 5.41) is 3.24. The van der Waals surface area contributed by atoms with E-state index in [0.29, 0.717) is 18.4 Å². The molecule has 1 rings (SSSR count). The Hall–Kier alpha value is -1.16. The SMILES string of the molecule is CC(C)NCCCOc1ccc(F)c(F)c1. The highest BCUT2D eigenvalue weighted by atomic mass is 19.2. The zero-order chi connectivity index (χ0) is 12.0. The lowest BCUT2D eigenvalue weighted by atomic mass is 10.3. The number of benzene rings is 1. The fourth-order valence-corrected chi connectivity index (χ4v) is 1.22. The van der Waals surface area contributed by atoms with Crippen molar-refractivity contribution in [3.8, 4) is 5.75 Å². The molecule has 0 unspecified atom stereocenters. The van der Waals surface area contributed by atoms with Crippen LogP contribution in [0.25, 0.3) is 0 Å². The van der Waals surface area contributed by atoms with Crippen molar-refractivity contribution in [3.63, 3.8) is 0 Å². The third-order valence-electron chi connectivity index (χ3n) is 2.03. The van der Waals surface area contributed by atoms with Crippen LogP contribution in [0.3, 0.4) is 0 Å². The van der Waals surface area contributed by atoms with Gasteiger partial charge in [-0.2, -0.15) is 0 Å². The third kappa shape index (κ3) is 4.57. The summed E-state index contributed by atoms with van der Waals surface area (Å²) in [6, 6.07) is 4.00. The highest BCUT2D eigenvalue weighted by Crippen LogP contribution is 2.15. The smallest absolute Gasteiger partial charge is 0.162 e. The molecule has 0 saturated carbocycles. The summed E-state index contributed by atoms with van der Waals surface area (Å²) in [6.07, 6.45) is 0.831. The topological polar surface area (TPSA) is 21.3 Å². The number of halogens is 2. The van der Waals surface area contributed by atoms with Crippen LogP contribution < -0.4 is 10.1 Å². The van der Waals surface area contributed by atoms with E-state index in [2.05, 4.69) is 19.2 Å². The monoisotopic (exact) mass is 229 g/mol. The first kappa shape index (κ1) is 12.9. The van der Waals surface area contributed by atoms with E-state index >= 15 is 0 Å². The number of hydrogen-bond acceptors (Lipinski definition) is 2. The minimum atomic E-state index is -0.877. The van der Waals surface area contributed by atoms with Crippen molar-refractivity contribution in [2.45, 2.75) is 26.3 Å². The molecule has 0 fully saturated rings. The lowest BCUT2D eigenvalue weighted by Gasteiger charge is -2.09. The fourth-order valence-electron chi connectivity index (χ4n) is 1.22. The molecule has 0 spiro atoms. The normalized spacial score (nSPS) is 10.8. The molecule has 0 amide bonds. The highest BCUT2D eigenvalue weighted by Gasteiger charge is 2.02. The Kier molecular flexibility index (Phi) is 5.19. The second kappa shape index (κ2) is 6.43. The minimum absolute atomic E-state index is 0.364. The van der Waals surface area contributed by atoms with Gasteiger partial charge in [0, 0.05) is 12.1 Å². The molecule has 90 valence electrons. The van der Waals surface area contributed by atoms with Gasteiger partial charge in [-0.25, -0.2) is 8.78 Å². The number of ether oxygens (including phenoxy) is 1. The van der Waals surface area contributed by atoms with Crippen LogP contribution in [0.5, 0.6) is 5.75 Å². The van der Waals surface area contributed by atoms with Crippen LogP contribution in [0, 0.1) is 11.6 Å². The molecule has 4 heteroatoms. The Bertz CT molecular complexity index is 329. The maximum atomic E-state index is 12.8. The number of hydrogen-bond donors (Lipinski definition) is 1. The molecule has 0 saturated heterocycles. The Labute approximate surface area is 94.6 Å². The van der Waals surface area contributed by atoms with E-state index in [1.807, 2.05) is 0 Å². The Morgan fingerprint density at radius 1 is 1.25 bits per heavy atom. The molecule has 1 aromatic carbocycles. The van der Waals surface area contributed by atoms with Gasteiger partial charge < -0.3 is 10.1 Å². The van der Waals surface area contributed by atoms with Gasteiger partial charge in [-0.1, -0.05) is 13.8 Å². The summed E-state index contributed by atoms with van der Waals surface area (Å²) >= 11 is 0. The van der Waals surface area contributed by atoms with Gasteiger partial charge >= 0.3 is 0 Å². The average Bonchev–Trinajstić information content (AvgIpc) is 2.22. The van der Waals surface area contributed by atoms with Crippen LogP contribution in [-0.2, 0) is 0 Å². The largest absolute Gasteiger partial charge is 0.493 e. The zero-order valence-corrected chi connectivity index (χ0v) is 9.59. The van der Waals surface area contributed by atoms with Crippen LogP contribution in [0.15, 0.2) is 18.2 Å². The molecule has 0 aliphatic carbocycles. The maximum absolute atomic E-state index is 12.8. The Morgan fingerprint density at radius 3 is 2.62 bits per heavy atom. The van der Waals surface area contributed by atoms with Crippen LogP contribution >= 0.6 is 0 Å². The van der Waals surface area contributed by atoms with Gasteiger partial charge in [-0.05, 0) is 25.1 Å². The molecule has 2 nitrogen and oxygen atoms in total. The van der Waals surface area contributed by atoms with Crippen molar-refractivity contribution in [3.05, 3.63) is 29.8 Å². The van der Waals surface area contributed by atoms with Gasteiger partial charge in [0.05, 0.1) is 6.61 Å². The van der Waals surface area contributed by atoms with Crippen molar-refractivity contribution in [2.75, 3.05) is 13.2 Å². The first-order chi connectivity index (χ1) is 7.59. The van der Waals surface area contributed by atoms with Crippen molar-refractivity contribution < 1.29 is 13.5 Å². The molecule has 0 aliphatic rings. The van der Waals surface area contributed by atoms with E-state index in [9.17, 15) is 8.78 Å². The van der Waals surface area contributed by atoms with E-state index in [0.717, 1.165) is 25.1 Å². The molecular formula is C12H17F2NO. The second-order valence-electron chi connectivity index (χ2n) is 3.89. The fraction of sp³-hybridized carbons (Fsp3) is 0.500. The molecule has 0 bridgehead atoms. The molecular weight excluding hydrogens is 212 g/mol. The van der Waals surface area contributed by atoms with Gasteiger partial charge in [0.25, 0.3) is 0 Å². The van der Waals surface area contributed by atoms with Crippen LogP contribution in [0.1, 0.15) is 20.3 Å². The third-order valence-corrected chi connectivity index (χ3v) is 2.03. The van der Waals surface area contributed by atoms with Gasteiger partial charge in [-0.3, -0.25) is 0 Å². The quantitative estimate of drug-likeness (QED) is 0.757. The predicted octanol–water partition coefficient (Wildman–Crippen LogP) is 2.73. The predicted molar refractivity (Wildman–Crippen MR) is 59.6 cm³/mol. The van der Waals surface area contributed by atoms with Crippen molar-refractivity contribution >= 4 is 0 Å². The molecule has 0 aliphatic heterocycles. The van der Waals surface area contributed by atoms with Gasteiger partial charge in [0.2, 0.25) is 0 Å². The Balaban J connectivity index is 2.24. The number of nitrogens with one attached hydrogen (secondary N) is 1. The van der Waals surface area contributed by atoms with E-state index in [1.54, 1.807) is 0 Å². The average molecular weight is 229 g/mol. The molecule has 1 N–H and O–H groups in total. The van der Waals surface area contributed by atoms with Crippen molar-refractivity contribution in [1.29, 1.82) is 0 Å². The van der Waals surface area contributed by atoms with Crippen molar-refractivity contribution in [1.82, 2.24) is 5.32 Å². The van der Waals surface area contributed by atoms with Gasteiger partial charge in [0.15, 0.2) is 11.6 Å². The van der Waals surface area contributed by atoms with Crippen LogP contribution in [0.4, 0.5) is 8.78 Å². The first-order valence-corrected chi connectivity index (χ1v) is 5.41. The summed E-state index contributed by atoms with van der Waals surface area (Å²) < 4.78 is 30.7. The molecule has 0 heterocycles. The molecule has 0 atom stereocenters. The van der Waals surface area contributed by atoms with E-state index in [1.165, 1.54) is 6.07 Å². The molecule has 0 radical (unpaired) electrons. The standard InChI is InChI=1S/C12H17F2NO/c1-9(2)15-6-3-7-16-10-4-5-11(13)12(14)8-10/h4-5,8-9,15H,3,6-7H2,1-2H3. The van der Waals surface area contributed by atoms with E-state index in [-0.39, 0.29) is 0 Å². The summed E-state index contributed by atoms with van der Waals surface area (Å²) in [4.78, 5) is 0. The first-order valence-electron chi connectivity index (χ1n) is 5.41. The van der Waals surface area contributed by atoms with Gasteiger partial charge in [0.1, 0.15) is 5.75 Å². The summed E-state index contributed by atoms with van der Waals surface area (Å²) in [7, 11) is 0. The molecule has 0 aromatic heterocycles. The van der Waals surface area contributed by atoms with E-state index in [4.69, 9.17) is 4.74 Å². The summed E-state index contributed by atoms with van der Waals surface area (Å²) in [5.41, 5.74) is 0. The second-order valence-corrected chi connectivity index (χ2v) is 3.89. The number of rotatable bonds is 6. The lowest BCUT2D eigenvalue weighted by molar-refractivity contribution is 0.303.